The summed E-state index contributed by atoms with van der Waals surface area (Å²) in [6.07, 6.45) is -5.68. The number of urea groups is 1. The van der Waals surface area contributed by atoms with Gasteiger partial charge in [0.15, 0.2) is 17.2 Å². The van der Waals surface area contributed by atoms with E-state index in [-0.39, 0.29) is 17.1 Å². The molecule has 1 aromatic carbocycles. The van der Waals surface area contributed by atoms with Crippen LogP contribution in [0.3, 0.4) is 0 Å². The van der Waals surface area contributed by atoms with Crippen molar-refractivity contribution in [3.8, 4) is 5.75 Å². The Bertz CT molecular complexity index is 1330. The number of halogens is 8. The van der Waals surface area contributed by atoms with E-state index in [0.717, 1.165) is 39.3 Å². The first kappa shape index (κ1) is 31.6. The highest BCUT2D eigenvalue weighted by atomic mass is 35.6. The summed E-state index contributed by atoms with van der Waals surface area (Å²) in [6, 6.07) is 2.92. The van der Waals surface area contributed by atoms with E-state index in [0.29, 0.717) is 6.07 Å². The number of anilines is 2. The molecule has 0 aliphatic carbocycles. The van der Waals surface area contributed by atoms with Gasteiger partial charge in [0.2, 0.25) is 5.82 Å². The van der Waals surface area contributed by atoms with Crippen LogP contribution < -0.4 is 20.7 Å². The lowest BCUT2D eigenvalue weighted by atomic mass is 9.77. The Kier molecular flexibility index (Phi) is 9.09. The molecule has 3 N–H and O–H groups in total. The van der Waals surface area contributed by atoms with Crippen molar-refractivity contribution in [2.24, 2.45) is 5.92 Å². The molecule has 2 aromatic rings. The number of carbonyl (C=O) groups is 3. The van der Waals surface area contributed by atoms with Crippen molar-refractivity contribution in [2.45, 2.75) is 41.4 Å². The molecule has 0 saturated carbocycles. The van der Waals surface area contributed by atoms with Crippen molar-refractivity contribution in [3.63, 3.8) is 0 Å². The molecule has 4 unspecified atom stereocenters. The summed E-state index contributed by atoms with van der Waals surface area (Å²) < 4.78 is 78.4. The predicted molar refractivity (Wildman–Crippen MR) is 134 cm³/mol. The maximum atomic E-state index is 14.5. The number of nitrogens with zero attached hydrogens (tertiary/aromatic N) is 1. The van der Waals surface area contributed by atoms with Gasteiger partial charge in [0.25, 0.3) is 15.6 Å². The number of carbonyl (C=O) groups excluding carboxylic acids is 3. The standard InChI is InChI=1S/C23H20Cl3F5N4O5/c1-9-14(11-4-5-12(27)15(28)16(11)39-3)17(40-21(9,2)23(29,30)31)18(36)33-10-6-7-32-13(8-10)34-20(38)35-19(37)22(24,25)26/h4-9,14,17H,1-3H3,(H3,32,33,34,35,36,37,38). The fraction of sp³-hybridized carbons (Fsp3) is 0.391. The Morgan fingerprint density at radius 2 is 1.75 bits per heavy atom. The van der Waals surface area contributed by atoms with Crippen molar-refractivity contribution in [1.29, 1.82) is 0 Å². The Balaban J connectivity index is 1.91. The maximum Gasteiger partial charge on any atom is 0.417 e. The smallest absolute Gasteiger partial charge is 0.417 e. The topological polar surface area (TPSA) is 119 Å². The number of rotatable bonds is 5. The second-order valence-corrected chi connectivity index (χ2v) is 11.0. The van der Waals surface area contributed by atoms with E-state index in [1.54, 1.807) is 5.32 Å². The number of alkyl halides is 6. The first-order valence-electron chi connectivity index (χ1n) is 11.1. The minimum absolute atomic E-state index is 0.0594. The molecule has 1 aromatic heterocycles. The van der Waals surface area contributed by atoms with E-state index in [2.05, 4.69) is 15.6 Å². The van der Waals surface area contributed by atoms with Gasteiger partial charge in [-0.2, -0.15) is 17.6 Å². The number of aromatic nitrogens is 1. The number of amides is 4. The molecule has 4 atom stereocenters. The van der Waals surface area contributed by atoms with Gasteiger partial charge in [-0.15, -0.1) is 0 Å². The third-order valence-corrected chi connectivity index (χ3v) is 6.84. The van der Waals surface area contributed by atoms with Crippen LogP contribution in [-0.4, -0.2) is 51.6 Å². The molecule has 0 bridgehead atoms. The summed E-state index contributed by atoms with van der Waals surface area (Å²) in [4.78, 5) is 40.7. The first-order valence-corrected chi connectivity index (χ1v) is 12.3. The fourth-order valence-electron chi connectivity index (χ4n) is 4.15. The quantitative estimate of drug-likeness (QED) is 0.297. The second-order valence-electron chi connectivity index (χ2n) is 8.77. The minimum atomic E-state index is -4.95. The van der Waals surface area contributed by atoms with E-state index in [9.17, 15) is 36.3 Å². The number of benzene rings is 1. The zero-order valence-electron chi connectivity index (χ0n) is 20.6. The lowest BCUT2D eigenvalue weighted by molar-refractivity contribution is -0.272. The molecule has 1 fully saturated rings. The molecule has 0 radical (unpaired) electrons. The zero-order chi connectivity index (χ0) is 30.2. The average Bonchev–Trinajstić information content (AvgIpc) is 3.12. The van der Waals surface area contributed by atoms with Gasteiger partial charge in [-0.3, -0.25) is 20.2 Å². The molecule has 0 spiro atoms. The van der Waals surface area contributed by atoms with E-state index in [1.807, 2.05) is 0 Å². The van der Waals surface area contributed by atoms with Gasteiger partial charge in [0.05, 0.1) is 7.11 Å². The summed E-state index contributed by atoms with van der Waals surface area (Å²) in [5.41, 5.74) is -3.13. The molecule has 1 saturated heterocycles. The summed E-state index contributed by atoms with van der Waals surface area (Å²) >= 11 is 16.1. The number of hydrogen-bond acceptors (Lipinski definition) is 6. The van der Waals surface area contributed by atoms with Crippen molar-refractivity contribution < 1.29 is 45.8 Å². The summed E-state index contributed by atoms with van der Waals surface area (Å²) in [5.74, 6) is -8.87. The highest BCUT2D eigenvalue weighted by Crippen LogP contribution is 2.55. The number of pyridine rings is 1. The van der Waals surface area contributed by atoms with Crippen LogP contribution in [-0.2, 0) is 14.3 Å². The Hall–Kier alpha value is -2.94. The Labute approximate surface area is 238 Å². The summed E-state index contributed by atoms with van der Waals surface area (Å²) in [6.45, 7) is 1.91. The normalized spacial score (nSPS) is 22.9. The van der Waals surface area contributed by atoms with Gasteiger partial charge in [0.1, 0.15) is 11.9 Å². The SMILES string of the molecule is COc1c(C2C(C(=O)Nc3ccnc(NC(=O)NC(=O)C(Cl)(Cl)Cl)c3)OC(C)(C(F)(F)F)C2C)ccc(F)c1F. The summed E-state index contributed by atoms with van der Waals surface area (Å²) in [7, 11) is 1.00. The molecule has 4 amide bonds. The van der Waals surface area contributed by atoms with Crippen LogP contribution in [0.25, 0.3) is 0 Å². The molecule has 218 valence electrons. The molecule has 3 rings (SSSR count). The molecule has 2 heterocycles. The van der Waals surface area contributed by atoms with Crippen molar-refractivity contribution in [2.75, 3.05) is 17.7 Å². The predicted octanol–water partition coefficient (Wildman–Crippen LogP) is 5.46. The fourth-order valence-corrected chi connectivity index (χ4v) is 4.29. The lowest BCUT2D eigenvalue weighted by Gasteiger charge is -2.32. The van der Waals surface area contributed by atoms with Gasteiger partial charge < -0.3 is 14.8 Å². The number of ether oxygens (including phenoxy) is 2. The highest BCUT2D eigenvalue weighted by Gasteiger charge is 2.66. The Morgan fingerprint density at radius 1 is 1.10 bits per heavy atom. The van der Waals surface area contributed by atoms with E-state index >= 15 is 0 Å². The van der Waals surface area contributed by atoms with Gasteiger partial charge in [-0.05, 0) is 19.1 Å². The first-order chi connectivity index (χ1) is 18.4. The molecule has 1 aliphatic rings. The van der Waals surface area contributed by atoms with Crippen molar-refractivity contribution >= 4 is 64.2 Å². The van der Waals surface area contributed by atoms with Gasteiger partial charge in [-0.25, -0.2) is 14.2 Å². The van der Waals surface area contributed by atoms with E-state index in [4.69, 9.17) is 44.3 Å². The monoisotopic (exact) mass is 632 g/mol. The van der Waals surface area contributed by atoms with E-state index < -0.39 is 68.7 Å². The molecule has 40 heavy (non-hydrogen) atoms. The van der Waals surface area contributed by atoms with Gasteiger partial charge in [0, 0.05) is 35.3 Å². The number of nitrogens with one attached hydrogen (secondary N) is 3. The molecule has 9 nitrogen and oxygen atoms in total. The van der Waals surface area contributed by atoms with Gasteiger partial charge >= 0.3 is 12.2 Å². The van der Waals surface area contributed by atoms with Crippen LogP contribution in [0.4, 0.5) is 38.3 Å². The second kappa shape index (κ2) is 11.5. The van der Waals surface area contributed by atoms with Crippen molar-refractivity contribution in [1.82, 2.24) is 10.3 Å². The van der Waals surface area contributed by atoms with Gasteiger partial charge in [-0.1, -0.05) is 47.8 Å². The Morgan fingerprint density at radius 3 is 2.33 bits per heavy atom. The van der Waals surface area contributed by atoms with Crippen LogP contribution in [0.2, 0.25) is 0 Å². The van der Waals surface area contributed by atoms with Crippen LogP contribution in [0.5, 0.6) is 5.75 Å². The summed E-state index contributed by atoms with van der Waals surface area (Å²) in [5, 5.41) is 6.24. The third kappa shape index (κ3) is 6.35. The molecule has 17 heteroatoms. The highest BCUT2D eigenvalue weighted by molar-refractivity contribution is 6.76. The van der Waals surface area contributed by atoms with Crippen molar-refractivity contribution in [3.05, 3.63) is 47.7 Å². The lowest BCUT2D eigenvalue weighted by Crippen LogP contribution is -2.47. The number of hydrogen-bond donors (Lipinski definition) is 3. The number of imide groups is 1. The van der Waals surface area contributed by atoms with Crippen LogP contribution in [0.1, 0.15) is 25.3 Å². The van der Waals surface area contributed by atoms with Crippen LogP contribution >= 0.6 is 34.8 Å². The van der Waals surface area contributed by atoms with Crippen LogP contribution in [0.15, 0.2) is 30.5 Å². The average molecular weight is 634 g/mol. The zero-order valence-corrected chi connectivity index (χ0v) is 22.9. The largest absolute Gasteiger partial charge is 0.493 e. The molecule has 1 aliphatic heterocycles. The van der Waals surface area contributed by atoms with Crippen LogP contribution in [0, 0.1) is 17.6 Å². The molecular weight excluding hydrogens is 614 g/mol. The maximum absolute atomic E-state index is 14.5. The third-order valence-electron chi connectivity index (χ3n) is 6.32. The van der Waals surface area contributed by atoms with E-state index in [1.165, 1.54) is 6.07 Å². The minimum Gasteiger partial charge on any atom is -0.493 e. The molecular formula is C23H20Cl3F5N4O5. The number of methoxy groups -OCH3 is 1.